The van der Waals surface area contributed by atoms with Crippen LogP contribution >= 0.6 is 11.3 Å². The van der Waals surface area contributed by atoms with E-state index in [9.17, 15) is 14.4 Å². The normalized spacial score (nSPS) is 15.4. The van der Waals surface area contributed by atoms with Gasteiger partial charge in [0.1, 0.15) is 11.4 Å². The van der Waals surface area contributed by atoms with Gasteiger partial charge in [0.15, 0.2) is 0 Å². The number of carbonyl (C=O) groups is 2. The van der Waals surface area contributed by atoms with Crippen molar-refractivity contribution in [1.82, 2.24) is 14.5 Å². The second kappa shape index (κ2) is 7.99. The van der Waals surface area contributed by atoms with Crippen molar-refractivity contribution in [3.8, 4) is 0 Å². The van der Waals surface area contributed by atoms with Crippen molar-refractivity contribution in [2.45, 2.75) is 39.7 Å². The minimum atomic E-state index is -0.186. The summed E-state index contributed by atoms with van der Waals surface area (Å²) >= 11 is 1.51. The van der Waals surface area contributed by atoms with Gasteiger partial charge in [0, 0.05) is 18.0 Å². The van der Waals surface area contributed by atoms with E-state index < -0.39 is 0 Å². The summed E-state index contributed by atoms with van der Waals surface area (Å²) in [5.74, 6) is -0.450. The molecule has 140 valence electrons. The Morgan fingerprint density at radius 2 is 2.04 bits per heavy atom. The Bertz CT molecular complexity index is 865. The minimum absolute atomic E-state index is 0.0247. The van der Waals surface area contributed by atoms with Crippen molar-refractivity contribution in [2.24, 2.45) is 5.92 Å². The van der Waals surface area contributed by atoms with Crippen LogP contribution in [0.15, 0.2) is 17.2 Å². The summed E-state index contributed by atoms with van der Waals surface area (Å²) in [6.45, 7) is 5.18. The Morgan fingerprint density at radius 3 is 2.69 bits per heavy atom. The molecule has 0 saturated carbocycles. The van der Waals surface area contributed by atoms with Crippen molar-refractivity contribution in [3.63, 3.8) is 0 Å². The van der Waals surface area contributed by atoms with E-state index in [4.69, 9.17) is 4.74 Å². The molecule has 0 unspecified atom stereocenters. The summed E-state index contributed by atoms with van der Waals surface area (Å²) < 4.78 is 6.41. The van der Waals surface area contributed by atoms with Crippen LogP contribution in [0.1, 0.15) is 31.6 Å². The first-order valence-electron chi connectivity index (χ1n) is 8.95. The van der Waals surface area contributed by atoms with E-state index in [1.807, 2.05) is 13.0 Å². The fourth-order valence-corrected chi connectivity index (χ4v) is 4.09. The minimum Gasteiger partial charge on any atom is -0.466 e. The zero-order chi connectivity index (χ0) is 18.7. The van der Waals surface area contributed by atoms with Gasteiger partial charge >= 0.3 is 5.97 Å². The van der Waals surface area contributed by atoms with E-state index in [1.54, 1.807) is 11.8 Å². The number of nitrogens with zero attached hydrogens (tertiary/aromatic N) is 3. The second-order valence-electron chi connectivity index (χ2n) is 6.37. The standard InChI is InChI=1S/C18H23N3O4S/c1-3-13-9-14-16(26-13)19-11-21(17(14)23)10-15(22)20-7-5-12(6-8-20)18(24)25-4-2/h9,11-12H,3-8,10H2,1-2H3. The van der Waals surface area contributed by atoms with Crippen LogP contribution in [0.4, 0.5) is 0 Å². The van der Waals surface area contributed by atoms with Crippen LogP contribution in [0.5, 0.6) is 0 Å². The quantitative estimate of drug-likeness (QED) is 0.743. The van der Waals surface area contributed by atoms with E-state index >= 15 is 0 Å². The largest absolute Gasteiger partial charge is 0.466 e. The van der Waals surface area contributed by atoms with Gasteiger partial charge < -0.3 is 9.64 Å². The molecule has 1 amide bonds. The lowest BCUT2D eigenvalue weighted by molar-refractivity contribution is -0.151. The van der Waals surface area contributed by atoms with E-state index in [-0.39, 0.29) is 29.9 Å². The molecule has 0 aliphatic carbocycles. The number of likely N-dealkylation sites (tertiary alicyclic amines) is 1. The zero-order valence-corrected chi connectivity index (χ0v) is 15.9. The van der Waals surface area contributed by atoms with Crippen LogP contribution in [0, 0.1) is 5.92 Å². The first kappa shape index (κ1) is 18.6. The van der Waals surface area contributed by atoms with E-state index in [2.05, 4.69) is 4.98 Å². The van der Waals surface area contributed by atoms with Gasteiger partial charge in [-0.25, -0.2) is 4.98 Å². The van der Waals surface area contributed by atoms with Crippen LogP contribution in [0.3, 0.4) is 0 Å². The van der Waals surface area contributed by atoms with Gasteiger partial charge in [0.25, 0.3) is 5.56 Å². The highest BCUT2D eigenvalue weighted by molar-refractivity contribution is 7.18. The first-order chi connectivity index (χ1) is 12.5. The highest BCUT2D eigenvalue weighted by Crippen LogP contribution is 2.21. The van der Waals surface area contributed by atoms with Crippen LogP contribution < -0.4 is 5.56 Å². The van der Waals surface area contributed by atoms with Crippen molar-refractivity contribution in [1.29, 1.82) is 0 Å². The van der Waals surface area contributed by atoms with E-state index in [1.165, 1.54) is 22.2 Å². The van der Waals surface area contributed by atoms with Crippen LogP contribution in [0.2, 0.25) is 0 Å². The maximum absolute atomic E-state index is 12.6. The number of aryl methyl sites for hydroxylation is 1. The number of esters is 1. The van der Waals surface area contributed by atoms with Gasteiger partial charge in [-0.3, -0.25) is 19.0 Å². The summed E-state index contributed by atoms with van der Waals surface area (Å²) in [5, 5.41) is 0.572. The molecule has 0 radical (unpaired) electrons. The second-order valence-corrected chi connectivity index (χ2v) is 7.49. The molecule has 8 heteroatoms. The molecule has 2 aromatic heterocycles. The molecule has 1 saturated heterocycles. The average Bonchev–Trinajstić information content (AvgIpc) is 3.08. The fraction of sp³-hybridized carbons (Fsp3) is 0.556. The molecule has 2 aromatic rings. The van der Waals surface area contributed by atoms with Gasteiger partial charge in [0.2, 0.25) is 5.91 Å². The number of hydrogen-bond acceptors (Lipinski definition) is 6. The number of hydrogen-bond donors (Lipinski definition) is 0. The molecule has 1 aliphatic rings. The molecule has 0 bridgehead atoms. The molecule has 0 spiro atoms. The Kier molecular flexibility index (Phi) is 5.70. The topological polar surface area (TPSA) is 81.5 Å². The maximum atomic E-state index is 12.6. The number of aromatic nitrogens is 2. The van der Waals surface area contributed by atoms with Crippen molar-refractivity contribution >= 4 is 33.4 Å². The molecule has 0 aromatic carbocycles. The Hall–Kier alpha value is -2.22. The maximum Gasteiger partial charge on any atom is 0.309 e. The van der Waals surface area contributed by atoms with E-state index in [0.29, 0.717) is 42.8 Å². The number of carbonyl (C=O) groups excluding carboxylic acids is 2. The predicted molar refractivity (Wildman–Crippen MR) is 99.2 cm³/mol. The number of thiophene rings is 1. The number of fused-ring (bicyclic) bond motifs is 1. The molecule has 0 atom stereocenters. The molecule has 3 heterocycles. The third kappa shape index (κ3) is 3.80. The number of rotatable bonds is 5. The Morgan fingerprint density at radius 1 is 1.31 bits per heavy atom. The lowest BCUT2D eigenvalue weighted by Crippen LogP contribution is -2.43. The molecule has 0 N–H and O–H groups in total. The molecular formula is C18H23N3O4S. The monoisotopic (exact) mass is 377 g/mol. The number of ether oxygens (including phenoxy) is 1. The van der Waals surface area contributed by atoms with Gasteiger partial charge in [0.05, 0.1) is 24.2 Å². The van der Waals surface area contributed by atoms with Crippen LogP contribution in [0.25, 0.3) is 10.2 Å². The third-order valence-corrected chi connectivity index (χ3v) is 5.88. The first-order valence-corrected chi connectivity index (χ1v) is 9.77. The van der Waals surface area contributed by atoms with Gasteiger partial charge in [-0.15, -0.1) is 11.3 Å². The highest BCUT2D eigenvalue weighted by atomic mass is 32.1. The molecule has 3 rings (SSSR count). The fourth-order valence-electron chi connectivity index (χ4n) is 3.17. The van der Waals surface area contributed by atoms with Crippen molar-refractivity contribution in [3.05, 3.63) is 27.6 Å². The summed E-state index contributed by atoms with van der Waals surface area (Å²) in [5.41, 5.74) is -0.180. The Labute approximate surface area is 155 Å². The van der Waals surface area contributed by atoms with Crippen LogP contribution in [-0.2, 0) is 27.3 Å². The number of piperidine rings is 1. The summed E-state index contributed by atoms with van der Waals surface area (Å²) in [6, 6.07) is 1.86. The molecule has 1 aliphatic heterocycles. The average molecular weight is 377 g/mol. The SMILES string of the molecule is CCOC(=O)C1CCN(C(=O)Cn2cnc3sc(CC)cc3c2=O)CC1. The smallest absolute Gasteiger partial charge is 0.309 e. The Balaban J connectivity index is 1.65. The molecular weight excluding hydrogens is 354 g/mol. The predicted octanol–water partition coefficient (Wildman–Crippen LogP) is 1.82. The summed E-state index contributed by atoms with van der Waals surface area (Å²) in [6.07, 6.45) is 3.50. The van der Waals surface area contributed by atoms with Crippen LogP contribution in [-0.4, -0.2) is 46.0 Å². The highest BCUT2D eigenvalue weighted by Gasteiger charge is 2.28. The summed E-state index contributed by atoms with van der Waals surface area (Å²) in [4.78, 5) is 44.8. The van der Waals surface area contributed by atoms with Crippen molar-refractivity contribution in [2.75, 3.05) is 19.7 Å². The molecule has 7 nitrogen and oxygen atoms in total. The van der Waals surface area contributed by atoms with Gasteiger partial charge in [-0.05, 0) is 32.3 Å². The van der Waals surface area contributed by atoms with E-state index in [0.717, 1.165) is 11.3 Å². The van der Waals surface area contributed by atoms with Gasteiger partial charge in [-0.1, -0.05) is 6.92 Å². The lowest BCUT2D eigenvalue weighted by Gasteiger charge is -2.31. The zero-order valence-electron chi connectivity index (χ0n) is 15.1. The molecule has 26 heavy (non-hydrogen) atoms. The van der Waals surface area contributed by atoms with Crippen molar-refractivity contribution < 1.29 is 14.3 Å². The van der Waals surface area contributed by atoms with Gasteiger partial charge in [-0.2, -0.15) is 0 Å². The summed E-state index contributed by atoms with van der Waals surface area (Å²) in [7, 11) is 0. The number of amides is 1. The lowest BCUT2D eigenvalue weighted by atomic mass is 9.97. The third-order valence-electron chi connectivity index (χ3n) is 4.69. The molecule has 1 fully saturated rings.